The van der Waals surface area contributed by atoms with E-state index in [1.807, 2.05) is 24.3 Å². The van der Waals surface area contributed by atoms with Crippen LogP contribution in [-0.2, 0) is 0 Å². The second kappa shape index (κ2) is 9.47. The van der Waals surface area contributed by atoms with Crippen LogP contribution in [0.25, 0.3) is 0 Å². The molecular weight excluding hydrogens is 216 g/mol. The van der Waals surface area contributed by atoms with Crippen LogP contribution in [0.2, 0.25) is 0 Å². The second-order valence-corrected chi connectivity index (χ2v) is 4.25. The molecule has 0 saturated carbocycles. The molecule has 0 aromatic rings. The van der Waals surface area contributed by atoms with Gasteiger partial charge in [-0.3, -0.25) is 0 Å². The van der Waals surface area contributed by atoms with E-state index in [9.17, 15) is 0 Å². The highest BCUT2D eigenvalue weighted by Crippen LogP contribution is 2.29. The van der Waals surface area contributed by atoms with Gasteiger partial charge in [0.25, 0.3) is 0 Å². The SMILES string of the molecule is C=C/C=C(C=C)\C(CCC)=C(\CCC)C(=C)C=C. The molecule has 0 aliphatic rings. The monoisotopic (exact) mass is 242 g/mol. The smallest absolute Gasteiger partial charge is 0.0228 e. The number of hydrogen-bond acceptors (Lipinski definition) is 0. The Kier molecular flexibility index (Phi) is 8.65. The predicted molar refractivity (Wildman–Crippen MR) is 84.7 cm³/mol. The minimum atomic E-state index is 1.03. The molecule has 0 fully saturated rings. The lowest BCUT2D eigenvalue weighted by molar-refractivity contribution is 0.857. The fourth-order valence-corrected chi connectivity index (χ4v) is 2.02. The highest BCUT2D eigenvalue weighted by molar-refractivity contribution is 5.51. The van der Waals surface area contributed by atoms with Crippen LogP contribution in [0.15, 0.2) is 72.9 Å². The molecular formula is C18H26. The largest absolute Gasteiger partial charge is 0.0990 e. The molecule has 0 unspecified atom stereocenters. The molecule has 0 heteroatoms. The maximum Gasteiger partial charge on any atom is -0.0228 e. The van der Waals surface area contributed by atoms with Crippen LogP contribution in [0, 0.1) is 0 Å². The van der Waals surface area contributed by atoms with Crippen molar-refractivity contribution >= 4 is 0 Å². The molecule has 0 aromatic heterocycles. The van der Waals surface area contributed by atoms with E-state index in [1.165, 1.54) is 11.1 Å². The molecule has 0 aliphatic carbocycles. The van der Waals surface area contributed by atoms with E-state index in [2.05, 4.69) is 40.2 Å². The highest BCUT2D eigenvalue weighted by atomic mass is 14.1. The van der Waals surface area contributed by atoms with Crippen molar-refractivity contribution in [3.63, 3.8) is 0 Å². The van der Waals surface area contributed by atoms with Crippen LogP contribution >= 0.6 is 0 Å². The second-order valence-electron chi connectivity index (χ2n) is 4.25. The van der Waals surface area contributed by atoms with E-state index in [4.69, 9.17) is 0 Å². The van der Waals surface area contributed by atoms with Crippen molar-refractivity contribution in [3.8, 4) is 0 Å². The van der Waals surface area contributed by atoms with E-state index in [-0.39, 0.29) is 0 Å². The summed E-state index contributed by atoms with van der Waals surface area (Å²) in [4.78, 5) is 0. The number of hydrogen-bond donors (Lipinski definition) is 0. The van der Waals surface area contributed by atoms with Crippen molar-refractivity contribution in [1.29, 1.82) is 0 Å². The zero-order valence-electron chi connectivity index (χ0n) is 12.0. The summed E-state index contributed by atoms with van der Waals surface area (Å²) < 4.78 is 0. The zero-order chi connectivity index (χ0) is 14.0. The molecule has 0 aliphatic heterocycles. The summed E-state index contributed by atoms with van der Waals surface area (Å²) in [6, 6.07) is 0. The molecule has 18 heavy (non-hydrogen) atoms. The summed E-state index contributed by atoms with van der Waals surface area (Å²) in [5.74, 6) is 0. The molecule has 0 amide bonds. The lowest BCUT2D eigenvalue weighted by Gasteiger charge is -2.16. The van der Waals surface area contributed by atoms with E-state index < -0.39 is 0 Å². The third-order valence-electron chi connectivity index (χ3n) is 2.86. The normalized spacial score (nSPS) is 12.7. The first-order chi connectivity index (χ1) is 8.65. The number of allylic oxidation sites excluding steroid dienone is 8. The van der Waals surface area contributed by atoms with Crippen molar-refractivity contribution in [2.45, 2.75) is 39.5 Å². The summed E-state index contributed by atoms with van der Waals surface area (Å²) in [5, 5.41) is 0. The topological polar surface area (TPSA) is 0 Å². The summed E-state index contributed by atoms with van der Waals surface area (Å²) >= 11 is 0. The zero-order valence-corrected chi connectivity index (χ0v) is 12.0. The summed E-state index contributed by atoms with van der Waals surface area (Å²) in [6.45, 7) is 20.0. The van der Waals surface area contributed by atoms with Crippen molar-refractivity contribution in [3.05, 3.63) is 72.9 Å². The van der Waals surface area contributed by atoms with Gasteiger partial charge in [-0.1, -0.05) is 77.3 Å². The maximum atomic E-state index is 4.11. The molecule has 98 valence electrons. The third-order valence-corrected chi connectivity index (χ3v) is 2.86. The quantitative estimate of drug-likeness (QED) is 0.440. The summed E-state index contributed by atoms with van der Waals surface area (Å²) in [7, 11) is 0. The fraction of sp³-hybridized carbons (Fsp3) is 0.333. The van der Waals surface area contributed by atoms with E-state index in [0.717, 1.165) is 36.8 Å². The Bertz CT molecular complexity index is 375. The molecule has 0 aromatic carbocycles. The summed E-state index contributed by atoms with van der Waals surface area (Å²) in [6.07, 6.45) is 11.9. The van der Waals surface area contributed by atoms with Crippen molar-refractivity contribution < 1.29 is 0 Å². The average molecular weight is 242 g/mol. The molecule has 0 nitrogen and oxygen atoms in total. The van der Waals surface area contributed by atoms with Crippen LogP contribution in [0.1, 0.15) is 39.5 Å². The van der Waals surface area contributed by atoms with Gasteiger partial charge >= 0.3 is 0 Å². The highest BCUT2D eigenvalue weighted by Gasteiger charge is 2.10. The van der Waals surface area contributed by atoms with Gasteiger partial charge in [-0.05, 0) is 35.1 Å². The molecule has 0 spiro atoms. The van der Waals surface area contributed by atoms with Gasteiger partial charge < -0.3 is 0 Å². The average Bonchev–Trinajstić information content (AvgIpc) is 2.39. The van der Waals surface area contributed by atoms with Crippen molar-refractivity contribution in [2.24, 2.45) is 0 Å². The molecule has 0 radical (unpaired) electrons. The van der Waals surface area contributed by atoms with Crippen LogP contribution < -0.4 is 0 Å². The van der Waals surface area contributed by atoms with E-state index >= 15 is 0 Å². The maximum absolute atomic E-state index is 4.11. The minimum absolute atomic E-state index is 1.03. The first-order valence-electron chi connectivity index (χ1n) is 6.65. The van der Waals surface area contributed by atoms with E-state index in [0.29, 0.717) is 0 Å². The molecule has 0 N–H and O–H groups in total. The lowest BCUT2D eigenvalue weighted by Crippen LogP contribution is -1.97. The standard InChI is InChI=1S/C18H26/c1-7-12-16(11-5)18(14-9-3)17(13-8-2)15(6)10-4/h7,10-12H,1,4-6,8-9,13-14H2,2-3H3/b16-12-,18-17-. The van der Waals surface area contributed by atoms with Crippen LogP contribution in [-0.4, -0.2) is 0 Å². The minimum Gasteiger partial charge on any atom is -0.0990 e. The van der Waals surface area contributed by atoms with Gasteiger partial charge in [0.05, 0.1) is 0 Å². The van der Waals surface area contributed by atoms with Crippen LogP contribution in [0.5, 0.6) is 0 Å². The van der Waals surface area contributed by atoms with E-state index in [1.54, 1.807) is 0 Å². The Morgan fingerprint density at radius 1 is 0.889 bits per heavy atom. The number of rotatable bonds is 9. The van der Waals surface area contributed by atoms with Crippen molar-refractivity contribution in [2.75, 3.05) is 0 Å². The van der Waals surface area contributed by atoms with Gasteiger partial charge in [0, 0.05) is 0 Å². The Labute approximate surface area is 113 Å². The van der Waals surface area contributed by atoms with Gasteiger partial charge in [-0.2, -0.15) is 0 Å². The Morgan fingerprint density at radius 3 is 1.83 bits per heavy atom. The molecule has 0 atom stereocenters. The van der Waals surface area contributed by atoms with Crippen LogP contribution in [0.3, 0.4) is 0 Å². The van der Waals surface area contributed by atoms with Crippen LogP contribution in [0.4, 0.5) is 0 Å². The first kappa shape index (κ1) is 16.4. The molecule has 0 rings (SSSR count). The first-order valence-corrected chi connectivity index (χ1v) is 6.65. The Balaban J connectivity index is 5.78. The van der Waals surface area contributed by atoms with Gasteiger partial charge in [0.1, 0.15) is 0 Å². The Hall–Kier alpha value is -1.56. The third kappa shape index (κ3) is 4.75. The lowest BCUT2D eigenvalue weighted by atomic mass is 9.89. The summed E-state index contributed by atoms with van der Waals surface area (Å²) in [5.41, 5.74) is 4.82. The predicted octanol–water partition coefficient (Wildman–Crippen LogP) is 5.92. The Morgan fingerprint density at radius 2 is 1.44 bits per heavy atom. The molecule has 0 bridgehead atoms. The van der Waals surface area contributed by atoms with Gasteiger partial charge in [0.15, 0.2) is 0 Å². The fourth-order valence-electron chi connectivity index (χ4n) is 2.02. The van der Waals surface area contributed by atoms with Gasteiger partial charge in [0.2, 0.25) is 0 Å². The van der Waals surface area contributed by atoms with Crippen molar-refractivity contribution in [1.82, 2.24) is 0 Å². The molecule has 0 saturated heterocycles. The van der Waals surface area contributed by atoms with Gasteiger partial charge in [-0.25, -0.2) is 0 Å². The molecule has 0 heterocycles. The van der Waals surface area contributed by atoms with Gasteiger partial charge in [-0.15, -0.1) is 0 Å².